The molecule has 1 amide bonds. The summed E-state index contributed by atoms with van der Waals surface area (Å²) in [6.07, 6.45) is 1.35. The van der Waals surface area contributed by atoms with Crippen LogP contribution in [0.1, 0.15) is 37.4 Å². The highest BCUT2D eigenvalue weighted by Gasteiger charge is 2.33. The summed E-state index contributed by atoms with van der Waals surface area (Å²) in [5, 5.41) is 3.30. The van der Waals surface area contributed by atoms with Crippen LogP contribution in [0.15, 0.2) is 36.4 Å². The number of anilines is 1. The van der Waals surface area contributed by atoms with E-state index in [0.717, 1.165) is 16.1 Å². The van der Waals surface area contributed by atoms with Gasteiger partial charge in [-0.1, -0.05) is 24.6 Å². The van der Waals surface area contributed by atoms with Crippen molar-refractivity contribution in [1.29, 1.82) is 0 Å². The molecule has 0 fully saturated rings. The van der Waals surface area contributed by atoms with Gasteiger partial charge in [-0.05, 0) is 56.2 Å². The minimum absolute atomic E-state index is 0.271. The molecule has 0 aliphatic carbocycles. The predicted octanol–water partition coefficient (Wildman–Crippen LogP) is 4.09. The highest BCUT2D eigenvalue weighted by molar-refractivity contribution is 7.92. The van der Waals surface area contributed by atoms with Gasteiger partial charge in [0.1, 0.15) is 17.5 Å². The Morgan fingerprint density at radius 1 is 1.16 bits per heavy atom. The summed E-state index contributed by atoms with van der Waals surface area (Å²) in [5.41, 5.74) is 1.79. The summed E-state index contributed by atoms with van der Waals surface area (Å²) >= 11 is 6.12. The zero-order valence-corrected chi connectivity index (χ0v) is 20.2. The van der Waals surface area contributed by atoms with Gasteiger partial charge in [0.05, 0.1) is 32.2 Å². The fraction of sp³-hybridized carbons (Fsp3) is 0.409. The maximum Gasteiger partial charge on any atom is 0.244 e. The van der Waals surface area contributed by atoms with Gasteiger partial charge in [-0.3, -0.25) is 9.10 Å². The van der Waals surface area contributed by atoms with E-state index in [0.29, 0.717) is 27.8 Å². The second-order valence-corrected chi connectivity index (χ2v) is 9.55. The van der Waals surface area contributed by atoms with Crippen molar-refractivity contribution in [2.75, 3.05) is 24.8 Å². The number of sulfonamides is 1. The maximum atomic E-state index is 13.2. The number of ether oxygens (including phenoxy) is 2. The van der Waals surface area contributed by atoms with E-state index in [2.05, 4.69) is 5.32 Å². The molecule has 2 aromatic carbocycles. The molecule has 31 heavy (non-hydrogen) atoms. The molecule has 0 spiro atoms. The number of rotatable bonds is 9. The van der Waals surface area contributed by atoms with E-state index in [4.69, 9.17) is 21.1 Å². The Balaban J connectivity index is 2.42. The molecule has 0 aliphatic heterocycles. The minimum Gasteiger partial charge on any atom is -0.497 e. The van der Waals surface area contributed by atoms with Gasteiger partial charge in [0, 0.05) is 10.6 Å². The molecule has 7 nitrogen and oxygen atoms in total. The number of hydrogen-bond acceptors (Lipinski definition) is 5. The zero-order valence-electron chi connectivity index (χ0n) is 18.6. The van der Waals surface area contributed by atoms with Crippen molar-refractivity contribution in [3.05, 3.63) is 52.5 Å². The molecule has 9 heteroatoms. The van der Waals surface area contributed by atoms with Crippen LogP contribution >= 0.6 is 11.6 Å². The van der Waals surface area contributed by atoms with E-state index in [9.17, 15) is 13.2 Å². The summed E-state index contributed by atoms with van der Waals surface area (Å²) in [6.45, 7) is 5.34. The quantitative estimate of drug-likeness (QED) is 0.599. The molecule has 0 radical (unpaired) electrons. The lowest BCUT2D eigenvalue weighted by atomic mass is 10.1. The Hall–Kier alpha value is -2.45. The van der Waals surface area contributed by atoms with Gasteiger partial charge in [0.2, 0.25) is 15.9 Å². The Morgan fingerprint density at radius 2 is 1.84 bits per heavy atom. The number of nitrogens with one attached hydrogen (secondary N) is 1. The third-order valence-electron chi connectivity index (χ3n) is 5.00. The zero-order chi connectivity index (χ0) is 23.3. The molecule has 2 atom stereocenters. The van der Waals surface area contributed by atoms with E-state index in [1.54, 1.807) is 71.4 Å². The van der Waals surface area contributed by atoms with E-state index >= 15 is 0 Å². The highest BCUT2D eigenvalue weighted by Crippen LogP contribution is 2.31. The van der Waals surface area contributed by atoms with E-state index in [1.165, 1.54) is 0 Å². The molecular formula is C22H29ClN2O5S. The van der Waals surface area contributed by atoms with Crippen LogP contribution in [0.3, 0.4) is 0 Å². The number of halogens is 1. The Bertz CT molecular complexity index is 1040. The van der Waals surface area contributed by atoms with Crippen LogP contribution in [-0.4, -0.2) is 40.8 Å². The Labute approximate surface area is 189 Å². The number of methoxy groups -OCH3 is 2. The summed E-state index contributed by atoms with van der Waals surface area (Å²) < 4.78 is 37.2. The van der Waals surface area contributed by atoms with Gasteiger partial charge >= 0.3 is 0 Å². The van der Waals surface area contributed by atoms with Crippen molar-refractivity contribution in [2.24, 2.45) is 0 Å². The first kappa shape index (κ1) is 24.8. The lowest BCUT2D eigenvalue weighted by molar-refractivity contribution is -0.122. The average molecular weight is 469 g/mol. The standard InChI is InChI=1S/C22H29ClN2O5S/c1-7-19(25(31(6,27)28)20-12-16(23)9-8-14(20)2)22(26)24-15(3)18-13-17(29-4)10-11-21(18)30-5/h8-13,15,19H,7H2,1-6H3,(H,24,26). The summed E-state index contributed by atoms with van der Waals surface area (Å²) in [6, 6.07) is 8.86. The fourth-order valence-electron chi connectivity index (χ4n) is 3.42. The van der Waals surface area contributed by atoms with Gasteiger partial charge in [-0.15, -0.1) is 0 Å². The van der Waals surface area contributed by atoms with Crippen LogP contribution in [-0.2, 0) is 14.8 Å². The van der Waals surface area contributed by atoms with Gasteiger partial charge in [0.25, 0.3) is 0 Å². The molecule has 0 aromatic heterocycles. The topological polar surface area (TPSA) is 84.9 Å². The summed E-state index contributed by atoms with van der Waals surface area (Å²) in [4.78, 5) is 13.2. The van der Waals surface area contributed by atoms with Crippen LogP contribution in [0.4, 0.5) is 5.69 Å². The first-order chi connectivity index (χ1) is 14.5. The van der Waals surface area contributed by atoms with E-state index < -0.39 is 28.0 Å². The second-order valence-electron chi connectivity index (χ2n) is 7.25. The molecule has 2 unspecified atom stereocenters. The molecule has 0 saturated carbocycles. The number of amides is 1. The summed E-state index contributed by atoms with van der Waals surface area (Å²) in [7, 11) is -0.670. The van der Waals surface area contributed by atoms with Gasteiger partial charge in [-0.2, -0.15) is 0 Å². The predicted molar refractivity (Wildman–Crippen MR) is 124 cm³/mol. The third-order valence-corrected chi connectivity index (χ3v) is 6.40. The summed E-state index contributed by atoms with van der Waals surface area (Å²) in [5.74, 6) is 0.785. The molecular weight excluding hydrogens is 440 g/mol. The first-order valence-corrected chi connectivity index (χ1v) is 12.0. The number of carbonyl (C=O) groups is 1. The Morgan fingerprint density at radius 3 is 2.39 bits per heavy atom. The van der Waals surface area contributed by atoms with Crippen molar-refractivity contribution in [1.82, 2.24) is 5.32 Å². The van der Waals surface area contributed by atoms with Gasteiger partial charge in [0.15, 0.2) is 0 Å². The lowest BCUT2D eigenvalue weighted by Crippen LogP contribution is -2.50. The molecule has 0 bridgehead atoms. The monoisotopic (exact) mass is 468 g/mol. The molecule has 2 rings (SSSR count). The number of nitrogens with zero attached hydrogens (tertiary/aromatic N) is 1. The molecule has 170 valence electrons. The van der Waals surface area contributed by atoms with E-state index in [1.807, 2.05) is 0 Å². The Kier molecular flexibility index (Phi) is 8.20. The highest BCUT2D eigenvalue weighted by atomic mass is 35.5. The number of benzene rings is 2. The second kappa shape index (κ2) is 10.2. The van der Waals surface area contributed by atoms with Crippen LogP contribution in [0, 0.1) is 6.92 Å². The van der Waals surface area contributed by atoms with Crippen LogP contribution < -0.4 is 19.1 Å². The fourth-order valence-corrected chi connectivity index (χ4v) is 4.85. The molecule has 0 aliphatic rings. The van der Waals surface area contributed by atoms with Crippen LogP contribution in [0.25, 0.3) is 0 Å². The third kappa shape index (κ3) is 5.83. The number of carbonyl (C=O) groups excluding carboxylic acids is 1. The van der Waals surface area contributed by atoms with Crippen molar-refractivity contribution >= 4 is 33.2 Å². The average Bonchev–Trinajstić information content (AvgIpc) is 2.72. The van der Waals surface area contributed by atoms with Crippen molar-refractivity contribution in [3.63, 3.8) is 0 Å². The van der Waals surface area contributed by atoms with Crippen LogP contribution in [0.2, 0.25) is 5.02 Å². The van der Waals surface area contributed by atoms with Gasteiger partial charge < -0.3 is 14.8 Å². The van der Waals surface area contributed by atoms with Crippen molar-refractivity contribution in [3.8, 4) is 11.5 Å². The molecule has 1 N–H and O–H groups in total. The maximum absolute atomic E-state index is 13.2. The van der Waals surface area contributed by atoms with Crippen molar-refractivity contribution < 1.29 is 22.7 Å². The van der Waals surface area contributed by atoms with Gasteiger partial charge in [-0.25, -0.2) is 8.42 Å². The normalized spacial score (nSPS) is 13.3. The number of hydrogen-bond donors (Lipinski definition) is 1. The largest absolute Gasteiger partial charge is 0.497 e. The molecule has 2 aromatic rings. The first-order valence-electron chi connectivity index (χ1n) is 9.81. The molecule has 0 saturated heterocycles. The van der Waals surface area contributed by atoms with E-state index in [-0.39, 0.29) is 6.42 Å². The SMILES string of the molecule is CCC(C(=O)NC(C)c1cc(OC)ccc1OC)N(c1cc(Cl)ccc1C)S(C)(=O)=O. The molecule has 0 heterocycles. The lowest BCUT2D eigenvalue weighted by Gasteiger charge is -2.32. The minimum atomic E-state index is -3.77. The van der Waals surface area contributed by atoms with Crippen LogP contribution in [0.5, 0.6) is 11.5 Å². The smallest absolute Gasteiger partial charge is 0.244 e. The van der Waals surface area contributed by atoms with Crippen molar-refractivity contribution in [2.45, 2.75) is 39.3 Å². The number of aryl methyl sites for hydroxylation is 1.